The van der Waals surface area contributed by atoms with Crippen molar-refractivity contribution >= 4 is 0 Å². The molecule has 5 heteroatoms. The van der Waals surface area contributed by atoms with Crippen molar-refractivity contribution in [2.45, 2.75) is 56.8 Å². The molecule has 4 unspecified atom stereocenters. The van der Waals surface area contributed by atoms with Crippen molar-refractivity contribution in [3.8, 4) is 0 Å². The predicted molar refractivity (Wildman–Crippen MR) is 81.3 cm³/mol. The van der Waals surface area contributed by atoms with Gasteiger partial charge in [-0.05, 0) is 32.2 Å². The molecule has 2 aliphatic rings. The molecule has 1 saturated heterocycles. The van der Waals surface area contributed by atoms with Gasteiger partial charge in [0.05, 0.1) is 32.0 Å². The highest BCUT2D eigenvalue weighted by Crippen LogP contribution is 2.35. The lowest BCUT2D eigenvalue weighted by atomic mass is 9.87. The molecule has 2 rings (SSSR count). The van der Waals surface area contributed by atoms with Crippen LogP contribution < -0.4 is 0 Å². The molecule has 0 spiro atoms. The lowest BCUT2D eigenvalue weighted by Gasteiger charge is -2.41. The third-order valence-corrected chi connectivity index (χ3v) is 4.88. The molecule has 2 fully saturated rings. The number of aliphatic hydroxyl groups is 2. The Bertz CT molecular complexity index is 289. The van der Waals surface area contributed by atoms with Gasteiger partial charge < -0.3 is 19.7 Å². The van der Waals surface area contributed by atoms with Gasteiger partial charge in [-0.25, -0.2) is 0 Å². The number of hydrogen-bond acceptors (Lipinski definition) is 5. The summed E-state index contributed by atoms with van der Waals surface area (Å²) < 4.78 is 10.3. The smallest absolute Gasteiger partial charge is 0.0900 e. The molecule has 1 aliphatic heterocycles. The Morgan fingerprint density at radius 2 is 2.00 bits per heavy atom. The summed E-state index contributed by atoms with van der Waals surface area (Å²) in [5, 5.41) is 20.3. The molecule has 21 heavy (non-hydrogen) atoms. The van der Waals surface area contributed by atoms with Crippen molar-refractivity contribution in [2.75, 3.05) is 40.0 Å². The number of β-amino-alcohol motifs (C(OH)–C–C–N with tert-alkyl or cyclic N) is 1. The van der Waals surface area contributed by atoms with Crippen LogP contribution in [0.3, 0.4) is 0 Å². The molecular formula is C16H31NO4. The Labute approximate surface area is 128 Å². The van der Waals surface area contributed by atoms with Gasteiger partial charge in [-0.3, -0.25) is 4.90 Å². The first-order valence-electron chi connectivity index (χ1n) is 8.39. The van der Waals surface area contributed by atoms with Crippen LogP contribution in [-0.2, 0) is 9.47 Å². The molecule has 2 N–H and O–H groups in total. The van der Waals surface area contributed by atoms with Gasteiger partial charge in [0.25, 0.3) is 0 Å². The fourth-order valence-corrected chi connectivity index (χ4v) is 3.83. The summed E-state index contributed by atoms with van der Waals surface area (Å²) in [6.07, 6.45) is 6.19. The first kappa shape index (κ1) is 17.2. The molecule has 1 heterocycles. The van der Waals surface area contributed by atoms with Crippen LogP contribution >= 0.6 is 0 Å². The van der Waals surface area contributed by atoms with E-state index in [-0.39, 0.29) is 6.10 Å². The maximum Gasteiger partial charge on any atom is 0.0900 e. The molecule has 0 radical (unpaired) electrons. The average molecular weight is 301 g/mol. The molecule has 0 bridgehead atoms. The van der Waals surface area contributed by atoms with Crippen LogP contribution in [0.5, 0.6) is 0 Å². The second-order valence-electron chi connectivity index (χ2n) is 6.44. The third kappa shape index (κ3) is 5.18. The van der Waals surface area contributed by atoms with Crippen molar-refractivity contribution in [1.29, 1.82) is 0 Å². The topological polar surface area (TPSA) is 62.2 Å². The lowest BCUT2D eigenvalue weighted by molar-refractivity contribution is -0.0267. The standard InChI is InChI=1S/C16H31NO4/c1-20-9-10-21-12-13(18)11-17-8-3-2-6-15(17)14-5-4-7-16(14)19/h13-16,18-19H,2-12H2,1H3. The van der Waals surface area contributed by atoms with E-state index in [2.05, 4.69) is 4.90 Å². The minimum Gasteiger partial charge on any atom is -0.393 e. The van der Waals surface area contributed by atoms with Crippen molar-refractivity contribution in [3.05, 3.63) is 0 Å². The molecule has 0 aromatic carbocycles. The minimum atomic E-state index is -0.457. The number of methoxy groups -OCH3 is 1. The van der Waals surface area contributed by atoms with E-state index in [0.717, 1.165) is 32.2 Å². The van der Waals surface area contributed by atoms with E-state index in [1.54, 1.807) is 7.11 Å². The maximum atomic E-state index is 10.2. The second kappa shape index (κ2) is 9.06. The third-order valence-electron chi connectivity index (χ3n) is 4.88. The summed E-state index contributed by atoms with van der Waals surface area (Å²) >= 11 is 0. The highest BCUT2D eigenvalue weighted by Gasteiger charge is 2.37. The fraction of sp³-hybridized carbons (Fsp3) is 1.00. The predicted octanol–water partition coefficient (Wildman–Crippen LogP) is 1.03. The fourth-order valence-electron chi connectivity index (χ4n) is 3.83. The quantitative estimate of drug-likeness (QED) is 0.656. The largest absolute Gasteiger partial charge is 0.393 e. The van der Waals surface area contributed by atoms with Crippen LogP contribution in [0.4, 0.5) is 0 Å². The van der Waals surface area contributed by atoms with Crippen LogP contribution in [0.1, 0.15) is 38.5 Å². The molecule has 5 nitrogen and oxygen atoms in total. The monoisotopic (exact) mass is 301 g/mol. The van der Waals surface area contributed by atoms with E-state index in [0.29, 0.717) is 38.3 Å². The molecule has 4 atom stereocenters. The molecule has 1 saturated carbocycles. The Balaban J connectivity index is 1.78. The number of hydrogen-bond donors (Lipinski definition) is 2. The van der Waals surface area contributed by atoms with E-state index >= 15 is 0 Å². The molecule has 124 valence electrons. The summed E-state index contributed by atoms with van der Waals surface area (Å²) in [5.41, 5.74) is 0. The van der Waals surface area contributed by atoms with Crippen LogP contribution in [0.25, 0.3) is 0 Å². The summed E-state index contributed by atoms with van der Waals surface area (Å²) in [5.74, 6) is 0.395. The Hall–Kier alpha value is -0.200. The van der Waals surface area contributed by atoms with Crippen molar-refractivity contribution in [2.24, 2.45) is 5.92 Å². The highest BCUT2D eigenvalue weighted by atomic mass is 16.5. The van der Waals surface area contributed by atoms with Gasteiger partial charge in [0.15, 0.2) is 0 Å². The van der Waals surface area contributed by atoms with E-state index < -0.39 is 6.10 Å². The maximum absolute atomic E-state index is 10.2. The number of ether oxygens (including phenoxy) is 2. The molecule has 0 aromatic heterocycles. The SMILES string of the molecule is COCCOCC(O)CN1CCCCC1C1CCCC1O. The summed E-state index contributed by atoms with van der Waals surface area (Å²) in [4.78, 5) is 2.38. The second-order valence-corrected chi connectivity index (χ2v) is 6.44. The molecule has 0 amide bonds. The Morgan fingerprint density at radius 1 is 1.14 bits per heavy atom. The van der Waals surface area contributed by atoms with Crippen LogP contribution in [0.2, 0.25) is 0 Å². The summed E-state index contributed by atoms with van der Waals surface area (Å²) in [6, 6.07) is 0.435. The van der Waals surface area contributed by atoms with Gasteiger partial charge in [0.2, 0.25) is 0 Å². The molecular weight excluding hydrogens is 270 g/mol. The van der Waals surface area contributed by atoms with Gasteiger partial charge >= 0.3 is 0 Å². The summed E-state index contributed by atoms with van der Waals surface area (Å²) in [7, 11) is 1.64. The zero-order valence-corrected chi connectivity index (χ0v) is 13.2. The highest BCUT2D eigenvalue weighted by molar-refractivity contribution is 4.90. The first-order chi connectivity index (χ1) is 10.2. The van der Waals surface area contributed by atoms with E-state index in [9.17, 15) is 10.2 Å². The summed E-state index contributed by atoms with van der Waals surface area (Å²) in [6.45, 7) is 3.13. The van der Waals surface area contributed by atoms with E-state index in [4.69, 9.17) is 9.47 Å². The van der Waals surface area contributed by atoms with Gasteiger partial charge in [-0.15, -0.1) is 0 Å². The number of aliphatic hydroxyl groups excluding tert-OH is 2. The van der Waals surface area contributed by atoms with Crippen LogP contribution in [-0.4, -0.2) is 73.4 Å². The minimum absolute atomic E-state index is 0.148. The van der Waals surface area contributed by atoms with E-state index in [1.807, 2.05) is 0 Å². The van der Waals surface area contributed by atoms with Crippen molar-refractivity contribution in [1.82, 2.24) is 4.90 Å². The average Bonchev–Trinajstić information content (AvgIpc) is 2.90. The van der Waals surface area contributed by atoms with Crippen LogP contribution in [0.15, 0.2) is 0 Å². The zero-order chi connectivity index (χ0) is 15.1. The number of nitrogens with zero attached hydrogens (tertiary/aromatic N) is 1. The Kier molecular flexibility index (Phi) is 7.40. The van der Waals surface area contributed by atoms with Gasteiger partial charge in [0, 0.05) is 25.6 Å². The number of piperidine rings is 1. The Morgan fingerprint density at radius 3 is 2.71 bits per heavy atom. The van der Waals surface area contributed by atoms with Crippen molar-refractivity contribution < 1.29 is 19.7 Å². The van der Waals surface area contributed by atoms with Crippen LogP contribution in [0, 0.1) is 5.92 Å². The normalized spacial score (nSPS) is 32.4. The first-order valence-corrected chi connectivity index (χ1v) is 8.39. The van der Waals surface area contributed by atoms with Gasteiger partial charge in [-0.1, -0.05) is 12.8 Å². The number of likely N-dealkylation sites (tertiary alicyclic amines) is 1. The van der Waals surface area contributed by atoms with Crippen molar-refractivity contribution in [3.63, 3.8) is 0 Å². The number of rotatable bonds is 8. The lowest BCUT2D eigenvalue weighted by Crippen LogP contribution is -2.49. The molecule has 1 aliphatic carbocycles. The molecule has 0 aromatic rings. The van der Waals surface area contributed by atoms with E-state index in [1.165, 1.54) is 12.8 Å². The van der Waals surface area contributed by atoms with Gasteiger partial charge in [-0.2, -0.15) is 0 Å². The zero-order valence-electron chi connectivity index (χ0n) is 13.2. The van der Waals surface area contributed by atoms with Gasteiger partial charge in [0.1, 0.15) is 0 Å².